The molecule has 6 nitrogen and oxygen atoms in total. The summed E-state index contributed by atoms with van der Waals surface area (Å²) in [6, 6.07) is 10.7. The Morgan fingerprint density at radius 3 is 2.17 bits per heavy atom. The van der Waals surface area contributed by atoms with Crippen molar-refractivity contribution < 1.29 is 19.1 Å². The van der Waals surface area contributed by atoms with Gasteiger partial charge in [0.1, 0.15) is 11.5 Å². The number of nitrogens with zero attached hydrogens (tertiary/aromatic N) is 2. The number of aryl methyl sites for hydroxylation is 2. The molecule has 2 aromatic rings. The van der Waals surface area contributed by atoms with Crippen molar-refractivity contribution in [3.8, 4) is 11.5 Å². The molecule has 3 rings (SSSR count). The molecule has 2 amide bonds. The maximum atomic E-state index is 12.8. The first-order valence-electron chi connectivity index (χ1n) is 9.99. The van der Waals surface area contributed by atoms with E-state index in [0.29, 0.717) is 48.3 Å². The van der Waals surface area contributed by atoms with Gasteiger partial charge in [0.05, 0.1) is 7.11 Å². The van der Waals surface area contributed by atoms with E-state index in [1.165, 1.54) is 0 Å². The lowest BCUT2D eigenvalue weighted by Gasteiger charge is -2.22. The third-order valence-electron chi connectivity index (χ3n) is 5.25. The fraction of sp³-hybridized carbons (Fsp3) is 0.391. The molecule has 0 radical (unpaired) electrons. The molecule has 1 saturated heterocycles. The Morgan fingerprint density at radius 1 is 0.933 bits per heavy atom. The molecule has 1 fully saturated rings. The van der Waals surface area contributed by atoms with Gasteiger partial charge < -0.3 is 19.3 Å². The highest BCUT2D eigenvalue weighted by Gasteiger charge is 2.23. The van der Waals surface area contributed by atoms with Crippen molar-refractivity contribution in [2.24, 2.45) is 0 Å². The first-order chi connectivity index (χ1) is 14.4. The number of methoxy groups -OCH3 is 1. The van der Waals surface area contributed by atoms with Gasteiger partial charge in [-0.05, 0) is 67.8 Å². The number of amides is 2. The summed E-state index contributed by atoms with van der Waals surface area (Å²) >= 11 is 6.18. The third kappa shape index (κ3) is 5.25. The van der Waals surface area contributed by atoms with Crippen LogP contribution in [0.3, 0.4) is 0 Å². The molecule has 1 aliphatic heterocycles. The topological polar surface area (TPSA) is 59.1 Å². The van der Waals surface area contributed by atoms with Crippen molar-refractivity contribution in [1.29, 1.82) is 0 Å². The van der Waals surface area contributed by atoms with Crippen molar-refractivity contribution in [3.63, 3.8) is 0 Å². The highest BCUT2D eigenvalue weighted by molar-refractivity contribution is 6.32. The van der Waals surface area contributed by atoms with Crippen molar-refractivity contribution in [2.45, 2.75) is 20.3 Å². The average Bonchev–Trinajstić information content (AvgIpc) is 3.01. The molecule has 0 unspecified atom stereocenters. The zero-order valence-electron chi connectivity index (χ0n) is 17.6. The summed E-state index contributed by atoms with van der Waals surface area (Å²) in [5.41, 5.74) is 2.45. The molecule has 30 heavy (non-hydrogen) atoms. The van der Waals surface area contributed by atoms with Gasteiger partial charge in [0.2, 0.25) is 0 Å². The number of hydrogen-bond donors (Lipinski definition) is 0. The number of rotatable bonds is 5. The maximum absolute atomic E-state index is 12.8. The number of halogens is 1. The van der Waals surface area contributed by atoms with Gasteiger partial charge in [-0.1, -0.05) is 11.6 Å². The quantitative estimate of drug-likeness (QED) is 0.725. The number of carbonyl (C=O) groups excluding carboxylic acids is 2. The van der Waals surface area contributed by atoms with Gasteiger partial charge >= 0.3 is 0 Å². The van der Waals surface area contributed by atoms with Crippen molar-refractivity contribution >= 4 is 23.4 Å². The van der Waals surface area contributed by atoms with Crippen molar-refractivity contribution in [1.82, 2.24) is 9.80 Å². The second-order valence-corrected chi connectivity index (χ2v) is 7.79. The van der Waals surface area contributed by atoms with Crippen LogP contribution in [-0.4, -0.2) is 61.5 Å². The SMILES string of the molecule is COc1ccc(C(=O)N2CCCN(C(=O)COc3cc(C)c(Cl)c(C)c3)CC2)cc1. The zero-order chi connectivity index (χ0) is 21.7. The zero-order valence-corrected chi connectivity index (χ0v) is 18.4. The van der Waals surface area contributed by atoms with Gasteiger partial charge in [-0.3, -0.25) is 9.59 Å². The summed E-state index contributed by atoms with van der Waals surface area (Å²) in [6.45, 7) is 5.99. The van der Waals surface area contributed by atoms with E-state index >= 15 is 0 Å². The minimum absolute atomic E-state index is 0.0321. The molecule has 7 heteroatoms. The van der Waals surface area contributed by atoms with Gasteiger partial charge in [-0.25, -0.2) is 0 Å². The monoisotopic (exact) mass is 430 g/mol. The van der Waals surface area contributed by atoms with Crippen molar-refractivity contribution in [2.75, 3.05) is 39.9 Å². The average molecular weight is 431 g/mol. The molecule has 0 aromatic heterocycles. The van der Waals surface area contributed by atoms with E-state index in [-0.39, 0.29) is 18.4 Å². The fourth-order valence-electron chi connectivity index (χ4n) is 3.51. The predicted molar refractivity (Wildman–Crippen MR) is 117 cm³/mol. The first-order valence-corrected chi connectivity index (χ1v) is 10.4. The molecule has 0 saturated carbocycles. The molecule has 0 N–H and O–H groups in total. The largest absolute Gasteiger partial charge is 0.497 e. The highest BCUT2D eigenvalue weighted by atomic mass is 35.5. The van der Waals surface area contributed by atoms with E-state index in [2.05, 4.69) is 0 Å². The number of carbonyl (C=O) groups is 2. The summed E-state index contributed by atoms with van der Waals surface area (Å²) in [7, 11) is 1.59. The van der Waals surface area contributed by atoms with E-state index in [0.717, 1.165) is 17.5 Å². The smallest absolute Gasteiger partial charge is 0.260 e. The van der Waals surface area contributed by atoms with E-state index < -0.39 is 0 Å². The van der Waals surface area contributed by atoms with E-state index in [9.17, 15) is 9.59 Å². The first kappa shape index (κ1) is 22.0. The van der Waals surface area contributed by atoms with Gasteiger partial charge in [0.25, 0.3) is 11.8 Å². The lowest BCUT2D eigenvalue weighted by molar-refractivity contribution is -0.133. The lowest BCUT2D eigenvalue weighted by atomic mass is 10.1. The summed E-state index contributed by atoms with van der Waals surface area (Å²) < 4.78 is 10.8. The van der Waals surface area contributed by atoms with Crippen molar-refractivity contribution in [3.05, 3.63) is 58.1 Å². The lowest BCUT2D eigenvalue weighted by Crippen LogP contribution is -2.39. The summed E-state index contributed by atoms with van der Waals surface area (Å²) in [4.78, 5) is 29.0. The Labute approximate surface area is 182 Å². The van der Waals surface area contributed by atoms with Crippen LogP contribution in [0.25, 0.3) is 0 Å². The molecule has 1 aliphatic rings. The second-order valence-electron chi connectivity index (χ2n) is 7.41. The maximum Gasteiger partial charge on any atom is 0.260 e. The Balaban J connectivity index is 1.55. The minimum atomic E-state index is -0.0843. The van der Waals surface area contributed by atoms with E-state index in [4.69, 9.17) is 21.1 Å². The van der Waals surface area contributed by atoms with Crippen LogP contribution in [-0.2, 0) is 4.79 Å². The Bertz CT molecular complexity index is 891. The van der Waals surface area contributed by atoms with Gasteiger partial charge in [-0.2, -0.15) is 0 Å². The molecule has 0 atom stereocenters. The predicted octanol–water partition coefficient (Wildman–Crippen LogP) is 3.72. The van der Waals surface area contributed by atoms with Crippen LogP contribution in [0.15, 0.2) is 36.4 Å². The molecule has 160 valence electrons. The molecule has 0 spiro atoms. The number of benzene rings is 2. The Morgan fingerprint density at radius 2 is 1.53 bits per heavy atom. The molecular weight excluding hydrogens is 404 g/mol. The fourth-order valence-corrected chi connectivity index (χ4v) is 3.62. The number of ether oxygens (including phenoxy) is 2. The summed E-state index contributed by atoms with van der Waals surface area (Å²) in [5, 5.41) is 0.711. The van der Waals surface area contributed by atoms with Crippen LogP contribution in [0.1, 0.15) is 27.9 Å². The van der Waals surface area contributed by atoms with Gasteiger partial charge in [-0.15, -0.1) is 0 Å². The number of hydrogen-bond acceptors (Lipinski definition) is 4. The Kier molecular flexibility index (Phi) is 7.21. The third-order valence-corrected chi connectivity index (χ3v) is 5.84. The molecule has 2 aromatic carbocycles. The normalized spacial score (nSPS) is 14.3. The summed E-state index contributed by atoms with van der Waals surface area (Å²) in [5.74, 6) is 1.23. The summed E-state index contributed by atoms with van der Waals surface area (Å²) in [6.07, 6.45) is 0.729. The Hall–Kier alpha value is -2.73. The molecular formula is C23H27ClN2O4. The van der Waals surface area contributed by atoms with Crippen LogP contribution in [0.4, 0.5) is 0 Å². The van der Waals surface area contributed by atoms with Crippen LogP contribution in [0.2, 0.25) is 5.02 Å². The minimum Gasteiger partial charge on any atom is -0.497 e. The highest BCUT2D eigenvalue weighted by Crippen LogP contribution is 2.26. The van der Waals surface area contributed by atoms with E-state index in [1.807, 2.05) is 26.0 Å². The second kappa shape index (κ2) is 9.85. The van der Waals surface area contributed by atoms with Crippen LogP contribution in [0.5, 0.6) is 11.5 Å². The molecule has 0 aliphatic carbocycles. The van der Waals surface area contributed by atoms with E-state index in [1.54, 1.807) is 41.2 Å². The molecule has 0 bridgehead atoms. The van der Waals surface area contributed by atoms with Crippen LogP contribution >= 0.6 is 11.6 Å². The standard InChI is InChI=1S/C23H27ClN2O4/c1-16-13-20(14-17(2)22(16)24)30-15-21(27)25-9-4-10-26(12-11-25)23(28)18-5-7-19(29-3)8-6-18/h5-8,13-14H,4,9-12,15H2,1-3H3. The van der Waals surface area contributed by atoms with Gasteiger partial charge in [0.15, 0.2) is 6.61 Å². The molecule has 1 heterocycles. The van der Waals surface area contributed by atoms with Crippen LogP contribution < -0.4 is 9.47 Å². The van der Waals surface area contributed by atoms with Gasteiger partial charge in [0, 0.05) is 36.8 Å². The van der Waals surface area contributed by atoms with Crippen LogP contribution in [0, 0.1) is 13.8 Å².